The average Bonchev–Trinajstić information content (AvgIpc) is 2.30. The van der Waals surface area contributed by atoms with Crippen molar-refractivity contribution < 1.29 is 0 Å². The summed E-state index contributed by atoms with van der Waals surface area (Å²) in [7, 11) is 0. The lowest BCUT2D eigenvalue weighted by Crippen LogP contribution is -2.41. The Morgan fingerprint density at radius 2 is 1.47 bits per heavy atom. The first kappa shape index (κ1) is 11.4. The quantitative estimate of drug-likeness (QED) is 0.737. The molecule has 1 nitrogen and oxygen atoms in total. The molecule has 2 fully saturated rings. The van der Waals surface area contributed by atoms with E-state index >= 15 is 0 Å². The molecule has 2 N–H and O–H groups in total. The first-order valence-corrected chi connectivity index (χ1v) is 7.08. The summed E-state index contributed by atoms with van der Waals surface area (Å²) in [6.45, 7) is 2.37. The van der Waals surface area contributed by atoms with Crippen molar-refractivity contribution in [2.24, 2.45) is 23.5 Å². The van der Waals surface area contributed by atoms with Gasteiger partial charge in [-0.15, -0.1) is 0 Å². The molecule has 0 heterocycles. The van der Waals surface area contributed by atoms with Gasteiger partial charge in [0.05, 0.1) is 0 Å². The molecule has 4 unspecified atom stereocenters. The summed E-state index contributed by atoms with van der Waals surface area (Å²) >= 11 is 0. The summed E-state index contributed by atoms with van der Waals surface area (Å²) in [5.41, 5.74) is 6.33. The van der Waals surface area contributed by atoms with Gasteiger partial charge in [0, 0.05) is 6.04 Å². The molecule has 2 saturated carbocycles. The highest BCUT2D eigenvalue weighted by Gasteiger charge is 2.34. The van der Waals surface area contributed by atoms with Crippen LogP contribution in [0.5, 0.6) is 0 Å². The number of hydrogen-bond donors (Lipinski definition) is 1. The van der Waals surface area contributed by atoms with Gasteiger partial charge in [0.1, 0.15) is 0 Å². The van der Waals surface area contributed by atoms with Crippen molar-refractivity contribution in [1.29, 1.82) is 0 Å². The molecule has 2 aliphatic rings. The second-order valence-corrected chi connectivity index (χ2v) is 5.73. The first-order valence-electron chi connectivity index (χ1n) is 7.08. The van der Waals surface area contributed by atoms with Gasteiger partial charge < -0.3 is 5.73 Å². The van der Waals surface area contributed by atoms with E-state index in [9.17, 15) is 0 Å². The van der Waals surface area contributed by atoms with Crippen LogP contribution in [0, 0.1) is 17.8 Å². The predicted octanol–water partition coefficient (Wildman–Crippen LogP) is 3.72. The van der Waals surface area contributed by atoms with Crippen LogP contribution in [0.3, 0.4) is 0 Å². The zero-order valence-electron chi connectivity index (χ0n) is 10.3. The molecule has 0 amide bonds. The highest BCUT2D eigenvalue weighted by atomic mass is 14.7. The van der Waals surface area contributed by atoms with Gasteiger partial charge in [0.2, 0.25) is 0 Å². The van der Waals surface area contributed by atoms with E-state index in [-0.39, 0.29) is 0 Å². The van der Waals surface area contributed by atoms with Crippen molar-refractivity contribution in [1.82, 2.24) is 0 Å². The Morgan fingerprint density at radius 3 is 2.13 bits per heavy atom. The van der Waals surface area contributed by atoms with Gasteiger partial charge in [0.25, 0.3) is 0 Å². The molecule has 2 aliphatic carbocycles. The predicted molar refractivity (Wildman–Crippen MR) is 65.7 cm³/mol. The third-order valence-corrected chi connectivity index (χ3v) is 4.92. The monoisotopic (exact) mass is 209 g/mol. The summed E-state index contributed by atoms with van der Waals surface area (Å²) in [4.78, 5) is 0. The minimum Gasteiger partial charge on any atom is -0.327 e. The van der Waals surface area contributed by atoms with Crippen LogP contribution in [0.1, 0.15) is 64.7 Å². The van der Waals surface area contributed by atoms with Gasteiger partial charge in [0.15, 0.2) is 0 Å². The molecule has 0 spiro atoms. The summed E-state index contributed by atoms with van der Waals surface area (Å²) in [6.07, 6.45) is 12.8. The van der Waals surface area contributed by atoms with Crippen molar-refractivity contribution in [3.8, 4) is 0 Å². The summed E-state index contributed by atoms with van der Waals surface area (Å²) in [5, 5.41) is 0. The molecule has 15 heavy (non-hydrogen) atoms. The highest BCUT2D eigenvalue weighted by Crippen LogP contribution is 2.42. The molecule has 2 rings (SSSR count). The minimum atomic E-state index is 0.524. The van der Waals surface area contributed by atoms with E-state index in [1.807, 2.05) is 0 Å². The minimum absolute atomic E-state index is 0.524. The zero-order chi connectivity index (χ0) is 10.7. The standard InChI is InChI=1S/C14H27N/c1-2-11-7-3-4-8-12(11)13-9-5-6-10-14(13)15/h11-14H,2-10,15H2,1H3. The van der Waals surface area contributed by atoms with Gasteiger partial charge in [-0.05, 0) is 37.0 Å². The van der Waals surface area contributed by atoms with Crippen LogP contribution < -0.4 is 5.73 Å². The van der Waals surface area contributed by atoms with Crippen LogP contribution in [0.2, 0.25) is 0 Å². The van der Waals surface area contributed by atoms with E-state index in [2.05, 4.69) is 6.92 Å². The largest absolute Gasteiger partial charge is 0.327 e. The molecule has 0 saturated heterocycles. The Bertz CT molecular complexity index is 190. The normalized spacial score (nSPS) is 42.8. The van der Waals surface area contributed by atoms with E-state index in [4.69, 9.17) is 5.73 Å². The van der Waals surface area contributed by atoms with Crippen molar-refractivity contribution >= 4 is 0 Å². The number of nitrogens with two attached hydrogens (primary N) is 1. The van der Waals surface area contributed by atoms with Crippen LogP contribution in [0.25, 0.3) is 0 Å². The summed E-state index contributed by atoms with van der Waals surface area (Å²) in [5.74, 6) is 2.83. The lowest BCUT2D eigenvalue weighted by Gasteiger charge is -2.41. The SMILES string of the molecule is CCC1CCCCC1C1CCCCC1N. The average molecular weight is 209 g/mol. The van der Waals surface area contributed by atoms with Gasteiger partial charge >= 0.3 is 0 Å². The molecule has 0 aromatic rings. The molecule has 0 bridgehead atoms. The maximum Gasteiger partial charge on any atom is 0.00699 e. The lowest BCUT2D eigenvalue weighted by molar-refractivity contribution is 0.110. The highest BCUT2D eigenvalue weighted by molar-refractivity contribution is 4.88. The molecule has 0 aliphatic heterocycles. The lowest BCUT2D eigenvalue weighted by atomic mass is 9.66. The van der Waals surface area contributed by atoms with Crippen molar-refractivity contribution in [3.63, 3.8) is 0 Å². The van der Waals surface area contributed by atoms with E-state index < -0.39 is 0 Å². The van der Waals surface area contributed by atoms with Crippen LogP contribution >= 0.6 is 0 Å². The third kappa shape index (κ3) is 2.55. The Labute approximate surface area is 94.8 Å². The van der Waals surface area contributed by atoms with E-state index in [1.54, 1.807) is 0 Å². The molecule has 1 heteroatoms. The Morgan fingerprint density at radius 1 is 0.867 bits per heavy atom. The fraction of sp³-hybridized carbons (Fsp3) is 1.00. The van der Waals surface area contributed by atoms with E-state index in [0.717, 1.165) is 17.8 Å². The smallest absolute Gasteiger partial charge is 0.00699 e. The Hall–Kier alpha value is -0.0400. The Balaban J connectivity index is 1.99. The van der Waals surface area contributed by atoms with Crippen molar-refractivity contribution in [2.75, 3.05) is 0 Å². The van der Waals surface area contributed by atoms with E-state index in [0.29, 0.717) is 6.04 Å². The zero-order valence-corrected chi connectivity index (χ0v) is 10.3. The van der Waals surface area contributed by atoms with Crippen molar-refractivity contribution in [3.05, 3.63) is 0 Å². The Kier molecular flexibility index (Phi) is 4.07. The summed E-state index contributed by atoms with van der Waals surface area (Å²) < 4.78 is 0. The van der Waals surface area contributed by atoms with Gasteiger partial charge in [-0.3, -0.25) is 0 Å². The van der Waals surface area contributed by atoms with Crippen molar-refractivity contribution in [2.45, 2.75) is 70.8 Å². The maximum absolute atomic E-state index is 6.33. The molecular weight excluding hydrogens is 182 g/mol. The molecule has 4 atom stereocenters. The number of rotatable bonds is 2. The van der Waals surface area contributed by atoms with Crippen LogP contribution in [-0.2, 0) is 0 Å². The third-order valence-electron chi connectivity index (χ3n) is 4.92. The number of hydrogen-bond acceptors (Lipinski definition) is 1. The van der Waals surface area contributed by atoms with Gasteiger partial charge in [-0.1, -0.05) is 45.4 Å². The molecule has 0 aromatic heterocycles. The van der Waals surface area contributed by atoms with Crippen LogP contribution in [0.4, 0.5) is 0 Å². The van der Waals surface area contributed by atoms with E-state index in [1.165, 1.54) is 57.8 Å². The molecule has 0 aromatic carbocycles. The van der Waals surface area contributed by atoms with Crippen LogP contribution in [0.15, 0.2) is 0 Å². The first-order chi connectivity index (χ1) is 7.33. The molecular formula is C14H27N. The fourth-order valence-corrected chi connectivity index (χ4v) is 4.03. The fourth-order valence-electron chi connectivity index (χ4n) is 4.03. The van der Waals surface area contributed by atoms with Crippen LogP contribution in [-0.4, -0.2) is 6.04 Å². The molecule has 88 valence electrons. The second kappa shape index (κ2) is 5.34. The summed E-state index contributed by atoms with van der Waals surface area (Å²) in [6, 6.07) is 0.524. The maximum atomic E-state index is 6.33. The molecule has 0 radical (unpaired) electrons. The van der Waals surface area contributed by atoms with Gasteiger partial charge in [-0.25, -0.2) is 0 Å². The second-order valence-electron chi connectivity index (χ2n) is 5.73. The topological polar surface area (TPSA) is 26.0 Å². The van der Waals surface area contributed by atoms with Gasteiger partial charge in [-0.2, -0.15) is 0 Å².